The van der Waals surface area contributed by atoms with Crippen molar-refractivity contribution in [3.63, 3.8) is 0 Å². The molecule has 0 fully saturated rings. The number of benzene rings is 3. The predicted molar refractivity (Wildman–Crippen MR) is 143 cm³/mol. The fourth-order valence-corrected chi connectivity index (χ4v) is 5.54. The number of halogens is 1. The number of nitrogens with zero attached hydrogens (tertiary/aromatic N) is 2. The lowest BCUT2D eigenvalue weighted by Gasteiger charge is -2.25. The normalized spacial score (nSPS) is 15.4. The van der Waals surface area contributed by atoms with Gasteiger partial charge in [-0.1, -0.05) is 87.9 Å². The Morgan fingerprint density at radius 2 is 1.81 bits per heavy atom. The van der Waals surface area contributed by atoms with Crippen molar-refractivity contribution in [2.75, 3.05) is 6.61 Å². The molecule has 0 amide bonds. The molecule has 3 aromatic carbocycles. The first kappa shape index (κ1) is 24.0. The van der Waals surface area contributed by atoms with Crippen molar-refractivity contribution in [3.8, 4) is 5.75 Å². The van der Waals surface area contributed by atoms with E-state index in [1.54, 1.807) is 35.8 Å². The van der Waals surface area contributed by atoms with Crippen molar-refractivity contribution in [2.45, 2.75) is 13.0 Å². The van der Waals surface area contributed by atoms with Crippen LogP contribution in [0, 0.1) is 0 Å². The Bertz CT molecular complexity index is 1660. The number of phenols is 1. The highest BCUT2D eigenvalue weighted by atomic mass is 79.9. The third-order valence-corrected chi connectivity index (χ3v) is 7.24. The van der Waals surface area contributed by atoms with E-state index in [1.165, 1.54) is 11.3 Å². The number of hydrogen-bond acceptors (Lipinski definition) is 6. The van der Waals surface area contributed by atoms with E-state index in [0.29, 0.717) is 26.2 Å². The lowest BCUT2D eigenvalue weighted by Crippen LogP contribution is -2.39. The van der Waals surface area contributed by atoms with Crippen LogP contribution in [0.2, 0.25) is 0 Å². The van der Waals surface area contributed by atoms with Gasteiger partial charge < -0.3 is 9.84 Å². The van der Waals surface area contributed by atoms with Crippen LogP contribution in [0.3, 0.4) is 0 Å². The van der Waals surface area contributed by atoms with Crippen molar-refractivity contribution in [2.24, 2.45) is 4.99 Å². The maximum atomic E-state index is 13.8. The summed E-state index contributed by atoms with van der Waals surface area (Å²) in [6.45, 7) is 1.94. The van der Waals surface area contributed by atoms with E-state index in [1.807, 2.05) is 60.7 Å². The van der Waals surface area contributed by atoms with Gasteiger partial charge in [0.15, 0.2) is 4.80 Å². The van der Waals surface area contributed by atoms with Gasteiger partial charge in [-0.25, -0.2) is 9.79 Å². The van der Waals surface area contributed by atoms with Crippen LogP contribution in [0.4, 0.5) is 0 Å². The SMILES string of the molecule is CCOC(=O)C1=C(c2ccccc2)N=c2s/c(=C\c3cc(Br)ccc3O)c(=O)n2[C@@H]1c1ccccc1. The molecule has 5 rings (SSSR count). The van der Waals surface area contributed by atoms with E-state index >= 15 is 0 Å². The van der Waals surface area contributed by atoms with Gasteiger partial charge in [-0.3, -0.25) is 9.36 Å². The van der Waals surface area contributed by atoms with Gasteiger partial charge in [0.1, 0.15) is 5.75 Å². The Balaban J connectivity index is 1.84. The first-order chi connectivity index (χ1) is 17.5. The highest BCUT2D eigenvalue weighted by molar-refractivity contribution is 9.10. The van der Waals surface area contributed by atoms with Crippen LogP contribution >= 0.6 is 27.3 Å². The van der Waals surface area contributed by atoms with Gasteiger partial charge in [-0.15, -0.1) is 0 Å². The molecule has 1 N–H and O–H groups in total. The van der Waals surface area contributed by atoms with Crippen molar-refractivity contribution in [1.29, 1.82) is 0 Å². The number of esters is 1. The van der Waals surface area contributed by atoms with Gasteiger partial charge in [0.25, 0.3) is 5.56 Å². The molecule has 4 aromatic rings. The van der Waals surface area contributed by atoms with Crippen LogP contribution in [0.1, 0.15) is 29.7 Å². The molecule has 2 heterocycles. The number of carbonyl (C=O) groups excluding carboxylic acids is 1. The molecule has 0 spiro atoms. The first-order valence-corrected chi connectivity index (χ1v) is 12.9. The number of hydrogen-bond donors (Lipinski definition) is 1. The van der Waals surface area contributed by atoms with Crippen molar-refractivity contribution >= 4 is 45.0 Å². The molecular weight excluding hydrogens is 540 g/mol. The highest BCUT2D eigenvalue weighted by Crippen LogP contribution is 2.35. The minimum atomic E-state index is -0.727. The molecule has 0 saturated heterocycles. The molecule has 8 heteroatoms. The van der Waals surface area contributed by atoms with Gasteiger partial charge in [0.2, 0.25) is 0 Å². The fraction of sp³-hybridized carbons (Fsp3) is 0.107. The van der Waals surface area contributed by atoms with Gasteiger partial charge in [0, 0.05) is 15.6 Å². The number of aromatic hydroxyl groups is 1. The lowest BCUT2D eigenvalue weighted by atomic mass is 9.93. The van der Waals surface area contributed by atoms with Crippen LogP contribution in [-0.2, 0) is 9.53 Å². The Labute approximate surface area is 219 Å². The molecule has 1 atom stereocenters. The summed E-state index contributed by atoms with van der Waals surface area (Å²) in [6.07, 6.45) is 1.64. The molecule has 1 aliphatic heterocycles. The maximum Gasteiger partial charge on any atom is 0.338 e. The number of ether oxygens (including phenoxy) is 1. The Hall–Kier alpha value is -3.75. The van der Waals surface area contributed by atoms with E-state index in [9.17, 15) is 14.7 Å². The number of rotatable bonds is 5. The molecule has 180 valence electrons. The number of aromatic nitrogens is 1. The fourth-order valence-electron chi connectivity index (χ4n) is 4.17. The molecule has 0 bridgehead atoms. The Kier molecular flexibility index (Phi) is 6.71. The summed E-state index contributed by atoms with van der Waals surface area (Å²) in [6, 6.07) is 23.1. The molecule has 36 heavy (non-hydrogen) atoms. The number of fused-ring (bicyclic) bond motifs is 1. The predicted octanol–water partition coefficient (Wildman–Crippen LogP) is 4.40. The van der Waals surface area contributed by atoms with Crippen molar-refractivity contribution in [1.82, 2.24) is 4.57 Å². The van der Waals surface area contributed by atoms with E-state index in [0.717, 1.165) is 15.6 Å². The van der Waals surface area contributed by atoms with Gasteiger partial charge in [-0.05, 0) is 36.8 Å². The summed E-state index contributed by atoms with van der Waals surface area (Å²) in [7, 11) is 0. The zero-order chi connectivity index (χ0) is 25.2. The van der Waals surface area contributed by atoms with E-state index in [4.69, 9.17) is 9.73 Å². The van der Waals surface area contributed by atoms with Crippen LogP contribution in [0.15, 0.2) is 98.7 Å². The first-order valence-electron chi connectivity index (χ1n) is 11.3. The summed E-state index contributed by atoms with van der Waals surface area (Å²) >= 11 is 4.62. The quantitative estimate of drug-likeness (QED) is 0.367. The average Bonchev–Trinajstić information content (AvgIpc) is 3.21. The topological polar surface area (TPSA) is 80.9 Å². The lowest BCUT2D eigenvalue weighted by molar-refractivity contribution is -0.138. The highest BCUT2D eigenvalue weighted by Gasteiger charge is 2.35. The molecule has 0 radical (unpaired) electrons. The maximum absolute atomic E-state index is 13.8. The summed E-state index contributed by atoms with van der Waals surface area (Å²) in [5, 5.41) is 10.3. The summed E-state index contributed by atoms with van der Waals surface area (Å²) in [5.41, 5.74) is 2.49. The van der Waals surface area contributed by atoms with Crippen LogP contribution in [0.5, 0.6) is 5.75 Å². The smallest absolute Gasteiger partial charge is 0.338 e. The average molecular weight is 561 g/mol. The van der Waals surface area contributed by atoms with Crippen LogP contribution < -0.4 is 14.9 Å². The van der Waals surface area contributed by atoms with Gasteiger partial charge in [-0.2, -0.15) is 0 Å². The standard InChI is InChI=1S/C28H21BrN2O4S/c1-2-35-27(34)23-24(17-9-5-3-6-10-17)30-28-31(25(23)18-11-7-4-8-12-18)26(33)22(36-28)16-19-15-20(29)13-14-21(19)32/h3-16,25,32H,2H2,1H3/b22-16-/t25-/m1/s1. The minimum absolute atomic E-state index is 0.0563. The molecule has 0 aliphatic carbocycles. The molecule has 0 saturated carbocycles. The second kappa shape index (κ2) is 10.1. The van der Waals surface area contributed by atoms with E-state index in [-0.39, 0.29) is 17.9 Å². The second-order valence-corrected chi connectivity index (χ2v) is 9.97. The molecule has 1 aliphatic rings. The van der Waals surface area contributed by atoms with Crippen molar-refractivity contribution in [3.05, 3.63) is 125 Å². The monoisotopic (exact) mass is 560 g/mol. The van der Waals surface area contributed by atoms with Gasteiger partial charge >= 0.3 is 5.97 Å². The minimum Gasteiger partial charge on any atom is -0.507 e. The zero-order valence-electron chi connectivity index (χ0n) is 19.2. The summed E-state index contributed by atoms with van der Waals surface area (Å²) < 4.78 is 8.16. The Morgan fingerprint density at radius 3 is 2.50 bits per heavy atom. The van der Waals surface area contributed by atoms with Crippen LogP contribution in [-0.4, -0.2) is 22.2 Å². The van der Waals surface area contributed by atoms with Gasteiger partial charge in [0.05, 0.1) is 28.5 Å². The van der Waals surface area contributed by atoms with Crippen LogP contribution in [0.25, 0.3) is 11.8 Å². The number of carbonyl (C=O) groups is 1. The second-order valence-electron chi connectivity index (χ2n) is 8.05. The zero-order valence-corrected chi connectivity index (χ0v) is 21.6. The van der Waals surface area contributed by atoms with E-state index in [2.05, 4.69) is 15.9 Å². The number of thiazole rings is 1. The molecule has 6 nitrogen and oxygen atoms in total. The Morgan fingerprint density at radius 1 is 1.11 bits per heavy atom. The largest absolute Gasteiger partial charge is 0.507 e. The third-order valence-electron chi connectivity index (χ3n) is 5.77. The third kappa shape index (κ3) is 4.45. The molecule has 0 unspecified atom stereocenters. The van der Waals surface area contributed by atoms with Crippen molar-refractivity contribution < 1.29 is 14.6 Å². The summed E-state index contributed by atoms with van der Waals surface area (Å²) in [4.78, 5) is 32.4. The summed E-state index contributed by atoms with van der Waals surface area (Å²) in [5.74, 6) is -0.464. The molecular formula is C28H21BrN2O4S. The molecule has 1 aromatic heterocycles. The number of phenolic OH excluding ortho intramolecular Hbond substituents is 1. The van der Waals surface area contributed by atoms with E-state index < -0.39 is 12.0 Å².